The van der Waals surface area contributed by atoms with Gasteiger partial charge in [0.15, 0.2) is 0 Å². The summed E-state index contributed by atoms with van der Waals surface area (Å²) in [4.78, 5) is 43.1. The van der Waals surface area contributed by atoms with Gasteiger partial charge in [0.25, 0.3) is 0 Å². The van der Waals surface area contributed by atoms with Crippen LogP contribution < -0.4 is 0 Å². The third-order valence-electron chi connectivity index (χ3n) is 7.12. The number of aromatic nitrogens is 4. The minimum atomic E-state index is -0.444. The Hall–Kier alpha value is -3.50. The highest BCUT2D eigenvalue weighted by Gasteiger charge is 2.44. The number of hydrogen-bond acceptors (Lipinski definition) is 7. The van der Waals surface area contributed by atoms with Crippen LogP contribution in [0.2, 0.25) is 0 Å². The van der Waals surface area contributed by atoms with Gasteiger partial charge < -0.3 is 14.5 Å². The average molecular weight is 454 g/mol. The molecule has 4 heterocycles. The van der Waals surface area contributed by atoms with E-state index in [4.69, 9.17) is 4.74 Å². The Morgan fingerprint density at radius 3 is 2.39 bits per heavy atom. The highest BCUT2D eigenvalue weighted by atomic mass is 16.6. The second-order valence-corrected chi connectivity index (χ2v) is 9.08. The SMILES string of the molecule is O=C(Cn1cnnn1)N1CCC2(CC1)CCN(C(=O)CN1C(=O)OCC1c1ccccc1)C2. The fraction of sp³-hybridized carbons (Fsp3) is 0.545. The number of likely N-dealkylation sites (tertiary alicyclic amines) is 2. The summed E-state index contributed by atoms with van der Waals surface area (Å²) in [5.41, 5.74) is 0.999. The Kier molecular flexibility index (Phi) is 5.69. The Morgan fingerprint density at radius 2 is 1.70 bits per heavy atom. The molecule has 3 aliphatic heterocycles. The summed E-state index contributed by atoms with van der Waals surface area (Å²) in [5.74, 6) is -0.0496. The first kappa shape index (κ1) is 21.4. The lowest BCUT2D eigenvalue weighted by Crippen LogP contribution is -2.46. The van der Waals surface area contributed by atoms with Gasteiger partial charge in [0.05, 0.1) is 6.04 Å². The Bertz CT molecular complexity index is 1010. The number of rotatable bonds is 5. The van der Waals surface area contributed by atoms with Crippen LogP contribution in [-0.4, -0.2) is 92.1 Å². The molecule has 0 aliphatic carbocycles. The van der Waals surface area contributed by atoms with E-state index in [0.29, 0.717) is 26.2 Å². The van der Waals surface area contributed by atoms with Gasteiger partial charge in [0.1, 0.15) is 26.0 Å². The van der Waals surface area contributed by atoms with Gasteiger partial charge in [-0.3, -0.25) is 14.5 Å². The van der Waals surface area contributed by atoms with Crippen LogP contribution in [-0.2, 0) is 20.9 Å². The van der Waals surface area contributed by atoms with Gasteiger partial charge in [-0.15, -0.1) is 5.10 Å². The molecule has 1 aromatic heterocycles. The third-order valence-corrected chi connectivity index (χ3v) is 7.12. The molecule has 3 saturated heterocycles. The molecular formula is C22H27N7O4. The molecule has 3 amide bonds. The van der Waals surface area contributed by atoms with Crippen molar-refractivity contribution >= 4 is 17.9 Å². The Balaban J connectivity index is 1.15. The van der Waals surface area contributed by atoms with Crippen molar-refractivity contribution in [3.63, 3.8) is 0 Å². The highest BCUT2D eigenvalue weighted by Crippen LogP contribution is 2.40. The summed E-state index contributed by atoms with van der Waals surface area (Å²) in [6, 6.07) is 9.41. The number of ether oxygens (including phenoxy) is 1. The Labute approximate surface area is 191 Å². The van der Waals surface area contributed by atoms with Crippen molar-refractivity contribution in [3.8, 4) is 0 Å². The number of piperidine rings is 1. The van der Waals surface area contributed by atoms with Crippen LogP contribution in [0.15, 0.2) is 36.7 Å². The average Bonchev–Trinajstić information content (AvgIpc) is 3.57. The van der Waals surface area contributed by atoms with Crippen LogP contribution in [0, 0.1) is 5.41 Å². The van der Waals surface area contributed by atoms with E-state index in [1.807, 2.05) is 40.1 Å². The van der Waals surface area contributed by atoms with E-state index in [9.17, 15) is 14.4 Å². The van der Waals surface area contributed by atoms with Crippen molar-refractivity contribution in [2.24, 2.45) is 5.41 Å². The predicted molar refractivity (Wildman–Crippen MR) is 114 cm³/mol. The van der Waals surface area contributed by atoms with Gasteiger partial charge in [-0.25, -0.2) is 9.48 Å². The molecule has 3 fully saturated rings. The van der Waals surface area contributed by atoms with Gasteiger partial charge in [-0.1, -0.05) is 30.3 Å². The van der Waals surface area contributed by atoms with E-state index in [1.165, 1.54) is 15.9 Å². The summed E-state index contributed by atoms with van der Waals surface area (Å²) < 4.78 is 6.67. The number of cyclic esters (lactones) is 1. The van der Waals surface area contributed by atoms with Crippen molar-refractivity contribution in [2.45, 2.75) is 31.8 Å². The van der Waals surface area contributed by atoms with Gasteiger partial charge >= 0.3 is 6.09 Å². The summed E-state index contributed by atoms with van der Waals surface area (Å²) in [6.45, 7) is 3.09. The van der Waals surface area contributed by atoms with E-state index in [0.717, 1.165) is 24.8 Å². The standard InChI is InChI=1S/C22H27N7O4/c30-19(12-28-16-23-24-25-28)26-9-6-22(7-10-26)8-11-27(15-22)20(31)13-29-18(14-33-21(29)32)17-4-2-1-3-5-17/h1-5,16,18H,6-15H2. The predicted octanol–water partition coefficient (Wildman–Crippen LogP) is 0.708. The smallest absolute Gasteiger partial charge is 0.410 e. The number of hydrogen-bond donors (Lipinski definition) is 0. The maximum Gasteiger partial charge on any atom is 0.410 e. The van der Waals surface area contributed by atoms with Crippen molar-refractivity contribution in [1.29, 1.82) is 0 Å². The minimum absolute atomic E-state index is 0.00239. The molecule has 11 heteroatoms. The third kappa shape index (κ3) is 4.39. The number of amides is 3. The zero-order valence-corrected chi connectivity index (χ0v) is 18.4. The first-order chi connectivity index (χ1) is 16.0. The summed E-state index contributed by atoms with van der Waals surface area (Å²) in [6.07, 6.45) is 3.62. The summed E-state index contributed by atoms with van der Waals surface area (Å²) in [5, 5.41) is 10.9. The number of carbonyl (C=O) groups is 3. The number of carbonyl (C=O) groups excluding carboxylic acids is 3. The van der Waals surface area contributed by atoms with Crippen LogP contribution in [0.3, 0.4) is 0 Å². The van der Waals surface area contributed by atoms with Crippen molar-refractivity contribution in [2.75, 3.05) is 39.3 Å². The van der Waals surface area contributed by atoms with Gasteiger partial charge in [-0.2, -0.15) is 0 Å². The fourth-order valence-corrected chi connectivity index (χ4v) is 5.10. The first-order valence-corrected chi connectivity index (χ1v) is 11.3. The molecule has 0 N–H and O–H groups in total. The lowest BCUT2D eigenvalue weighted by molar-refractivity contribution is -0.135. The van der Waals surface area contributed by atoms with Crippen molar-refractivity contribution in [3.05, 3.63) is 42.2 Å². The minimum Gasteiger partial charge on any atom is -0.447 e. The molecule has 174 valence electrons. The molecule has 0 saturated carbocycles. The van der Waals surface area contributed by atoms with E-state index in [1.54, 1.807) is 0 Å². The molecule has 2 aromatic rings. The lowest BCUT2D eigenvalue weighted by Gasteiger charge is -2.39. The zero-order valence-electron chi connectivity index (χ0n) is 18.4. The molecular weight excluding hydrogens is 426 g/mol. The highest BCUT2D eigenvalue weighted by molar-refractivity contribution is 5.83. The second-order valence-electron chi connectivity index (χ2n) is 9.08. The maximum atomic E-state index is 13.1. The van der Waals surface area contributed by atoms with Crippen LogP contribution in [0.4, 0.5) is 4.79 Å². The molecule has 3 aliphatic rings. The molecule has 5 rings (SSSR count). The molecule has 0 radical (unpaired) electrons. The first-order valence-electron chi connectivity index (χ1n) is 11.3. The van der Waals surface area contributed by atoms with Crippen LogP contribution in [0.1, 0.15) is 30.9 Å². The number of nitrogens with zero attached hydrogens (tertiary/aromatic N) is 7. The molecule has 1 unspecified atom stereocenters. The molecule has 1 spiro atoms. The quantitative estimate of drug-likeness (QED) is 0.655. The van der Waals surface area contributed by atoms with Crippen LogP contribution >= 0.6 is 0 Å². The normalized spacial score (nSPS) is 22.1. The van der Waals surface area contributed by atoms with Crippen molar-refractivity contribution in [1.82, 2.24) is 34.9 Å². The van der Waals surface area contributed by atoms with Crippen LogP contribution in [0.5, 0.6) is 0 Å². The number of tetrazole rings is 1. The molecule has 0 bridgehead atoms. The Morgan fingerprint density at radius 1 is 1.00 bits per heavy atom. The topological polar surface area (TPSA) is 114 Å². The summed E-state index contributed by atoms with van der Waals surface area (Å²) >= 11 is 0. The lowest BCUT2D eigenvalue weighted by atomic mass is 9.78. The van der Waals surface area contributed by atoms with Crippen LogP contribution in [0.25, 0.3) is 0 Å². The molecule has 1 atom stereocenters. The fourth-order valence-electron chi connectivity index (χ4n) is 5.10. The molecule has 1 aromatic carbocycles. The largest absolute Gasteiger partial charge is 0.447 e. The number of benzene rings is 1. The van der Waals surface area contributed by atoms with E-state index >= 15 is 0 Å². The van der Waals surface area contributed by atoms with Crippen molar-refractivity contribution < 1.29 is 19.1 Å². The maximum absolute atomic E-state index is 13.1. The van der Waals surface area contributed by atoms with Gasteiger partial charge in [0, 0.05) is 26.2 Å². The van der Waals surface area contributed by atoms with E-state index < -0.39 is 6.09 Å². The van der Waals surface area contributed by atoms with Gasteiger partial charge in [0.2, 0.25) is 11.8 Å². The molecule has 11 nitrogen and oxygen atoms in total. The second kappa shape index (κ2) is 8.80. The van der Waals surface area contributed by atoms with E-state index in [2.05, 4.69) is 15.5 Å². The molecule has 33 heavy (non-hydrogen) atoms. The monoisotopic (exact) mass is 453 g/mol. The summed E-state index contributed by atoms with van der Waals surface area (Å²) in [7, 11) is 0. The van der Waals surface area contributed by atoms with E-state index in [-0.39, 0.29) is 43.0 Å². The van der Waals surface area contributed by atoms with Gasteiger partial charge in [-0.05, 0) is 40.7 Å². The zero-order chi connectivity index (χ0) is 22.8.